The van der Waals surface area contributed by atoms with Gasteiger partial charge in [-0.3, -0.25) is 9.59 Å². The van der Waals surface area contributed by atoms with Crippen LogP contribution in [0.1, 0.15) is 73.6 Å². The Bertz CT molecular complexity index is 1140. The number of aliphatic hydroxyl groups excluding tert-OH is 2. The number of carbonyl (C=O) groups is 2. The largest absolute Gasteiger partial charge is 0.460 e. The van der Waals surface area contributed by atoms with E-state index in [4.69, 9.17) is 61.6 Å². The van der Waals surface area contributed by atoms with Gasteiger partial charge in [0.1, 0.15) is 36.6 Å². The highest BCUT2D eigenvalue weighted by molar-refractivity contribution is 5.71. The van der Waals surface area contributed by atoms with Gasteiger partial charge in [0.25, 0.3) is 0 Å². The molecule has 0 radical (unpaired) electrons. The van der Waals surface area contributed by atoms with Crippen LogP contribution in [0.5, 0.6) is 0 Å². The van der Waals surface area contributed by atoms with Gasteiger partial charge >= 0.3 is 11.9 Å². The number of ether oxygens (including phenoxy) is 13. The molecule has 5 heterocycles. The second-order valence-electron chi connectivity index (χ2n) is 14.4. The lowest BCUT2D eigenvalue weighted by atomic mass is 9.98. The lowest BCUT2D eigenvalue weighted by Crippen LogP contribution is -2.58. The maximum atomic E-state index is 11.8. The fourth-order valence-corrected chi connectivity index (χ4v) is 7.83. The number of aliphatic hydroxyl groups is 2. The summed E-state index contributed by atoms with van der Waals surface area (Å²) in [7, 11) is 4.64. The van der Waals surface area contributed by atoms with Crippen molar-refractivity contribution in [2.75, 3.05) is 21.3 Å². The fourth-order valence-electron chi connectivity index (χ4n) is 7.83. The summed E-state index contributed by atoms with van der Waals surface area (Å²) in [5, 5.41) is 22.3. The Hall–Kier alpha value is -1.58. The number of methoxy groups -OCH3 is 3. The van der Waals surface area contributed by atoms with E-state index in [2.05, 4.69) is 0 Å². The van der Waals surface area contributed by atoms with Gasteiger partial charge in [-0.2, -0.15) is 0 Å². The van der Waals surface area contributed by atoms with E-state index in [1.807, 2.05) is 6.92 Å². The molecule has 5 saturated heterocycles. The summed E-state index contributed by atoms with van der Waals surface area (Å²) in [5.41, 5.74) is 0. The first-order valence-electron chi connectivity index (χ1n) is 18.3. The van der Waals surface area contributed by atoms with Gasteiger partial charge in [0.05, 0.1) is 55.3 Å². The van der Waals surface area contributed by atoms with Crippen molar-refractivity contribution in [2.24, 2.45) is 0 Å². The second-order valence-corrected chi connectivity index (χ2v) is 14.4. The summed E-state index contributed by atoms with van der Waals surface area (Å²) in [6, 6.07) is 0. The van der Waals surface area contributed by atoms with Crippen LogP contribution >= 0.6 is 0 Å². The van der Waals surface area contributed by atoms with Crippen LogP contribution in [0.25, 0.3) is 0 Å². The Morgan fingerprint density at radius 1 is 0.558 bits per heavy atom. The number of carbonyl (C=O) groups excluding carboxylic acids is 2. The van der Waals surface area contributed by atoms with Crippen molar-refractivity contribution < 1.29 is 81.4 Å². The molecule has 0 aromatic rings. The molecule has 0 aliphatic carbocycles. The van der Waals surface area contributed by atoms with Crippen molar-refractivity contribution >= 4 is 11.9 Å². The van der Waals surface area contributed by atoms with Crippen LogP contribution in [0.4, 0.5) is 0 Å². The number of cyclic esters (lactones) is 1. The normalized spacial score (nSPS) is 47.4. The predicted molar refractivity (Wildman–Crippen MR) is 175 cm³/mol. The van der Waals surface area contributed by atoms with E-state index in [9.17, 15) is 19.8 Å². The maximum absolute atomic E-state index is 11.8. The zero-order chi connectivity index (χ0) is 37.9. The van der Waals surface area contributed by atoms with Crippen molar-refractivity contribution in [3.8, 4) is 0 Å². The van der Waals surface area contributed by atoms with Gasteiger partial charge in [-0.25, -0.2) is 0 Å². The smallest absolute Gasteiger partial charge is 0.308 e. The molecule has 0 amide bonds. The quantitative estimate of drug-likeness (QED) is 0.269. The SMILES string of the molecule is CO[C@H]1C[C@H](O[C@H]2[C@@H](OC)C[C@H](O[C@@H]3[C@@H](O)C[C@H](O[C@H]4[C@@H](O)C[C@H](O[C@@H]5[C@@H](C)OC(=O)C[C@H]5OC)O[C@@H]4C)O[C@@H]3C)O[C@@H]2C)O[C@H](C)[C@H]1OC(C)=O. The fraction of sp³-hybridized carbons (Fsp3) is 0.943. The number of rotatable bonds is 12. The van der Waals surface area contributed by atoms with Crippen LogP contribution in [-0.2, 0) is 71.2 Å². The molecule has 0 aromatic heterocycles. The van der Waals surface area contributed by atoms with Crippen LogP contribution in [0.15, 0.2) is 0 Å². The van der Waals surface area contributed by atoms with Crippen LogP contribution < -0.4 is 0 Å². The van der Waals surface area contributed by atoms with Gasteiger partial charge in [-0.15, -0.1) is 0 Å². The summed E-state index contributed by atoms with van der Waals surface area (Å²) >= 11 is 0. The van der Waals surface area contributed by atoms with Gasteiger partial charge in [0.15, 0.2) is 31.3 Å². The monoisotopic (exact) mass is 750 g/mol. The molecular weight excluding hydrogens is 692 g/mol. The molecule has 0 spiro atoms. The molecular formula is C35H58O17. The van der Waals surface area contributed by atoms with Crippen molar-refractivity contribution in [1.82, 2.24) is 0 Å². The summed E-state index contributed by atoms with van der Waals surface area (Å²) < 4.78 is 77.0. The van der Waals surface area contributed by atoms with Crippen molar-refractivity contribution in [2.45, 2.75) is 190 Å². The molecule has 5 aliphatic rings. The van der Waals surface area contributed by atoms with Crippen LogP contribution in [0.2, 0.25) is 0 Å². The topological polar surface area (TPSA) is 195 Å². The highest BCUT2D eigenvalue weighted by Crippen LogP contribution is 2.35. The van der Waals surface area contributed by atoms with E-state index < -0.39 is 123 Å². The first kappa shape index (κ1) is 41.6. The minimum absolute atomic E-state index is 0.0621. The third kappa shape index (κ3) is 9.99. The van der Waals surface area contributed by atoms with Gasteiger partial charge < -0.3 is 71.8 Å². The zero-order valence-electron chi connectivity index (χ0n) is 31.5. The third-order valence-electron chi connectivity index (χ3n) is 10.5. The van der Waals surface area contributed by atoms with Crippen molar-refractivity contribution in [3.05, 3.63) is 0 Å². The van der Waals surface area contributed by atoms with Gasteiger partial charge in [0, 0.05) is 53.9 Å². The lowest BCUT2D eigenvalue weighted by Gasteiger charge is -2.46. The highest BCUT2D eigenvalue weighted by Gasteiger charge is 2.48. The molecule has 300 valence electrons. The molecule has 5 fully saturated rings. The average molecular weight is 751 g/mol. The summed E-state index contributed by atoms with van der Waals surface area (Å²) in [6.45, 7) is 10.3. The standard InChI is InChI=1S/C35H58O17/c1-15-31(22(38)11-28(45-15)51-34-17(3)43-26(39)12-23(34)40-7)49-27-10-21(37)32(16(2)44-27)50-29-14-25(42-9)35(19(5)47-29)52-30-13-24(41-8)33(18(4)46-30)48-20(6)36/h15-19,21-25,27-35,37-38H,10-14H2,1-9H3/t15-,16-,17-,18-,19-,21+,22+,23-,24+,25+,27+,28+,29+,30+,31-,32+,33-,34-,35-/m1/s1. The Morgan fingerprint density at radius 2 is 0.923 bits per heavy atom. The average Bonchev–Trinajstić information content (AvgIpc) is 3.07. The molecule has 0 unspecified atom stereocenters. The van der Waals surface area contributed by atoms with Crippen molar-refractivity contribution in [3.63, 3.8) is 0 Å². The van der Waals surface area contributed by atoms with E-state index in [1.54, 1.807) is 41.9 Å². The molecule has 0 saturated carbocycles. The number of hydrogen-bond acceptors (Lipinski definition) is 17. The molecule has 0 bridgehead atoms. The summed E-state index contributed by atoms with van der Waals surface area (Å²) in [5.74, 6) is -0.775. The molecule has 52 heavy (non-hydrogen) atoms. The Kier molecular flexibility index (Phi) is 14.7. The molecule has 5 rings (SSSR count). The minimum atomic E-state index is -0.967. The second kappa shape index (κ2) is 18.4. The highest BCUT2D eigenvalue weighted by atomic mass is 16.8. The van der Waals surface area contributed by atoms with Gasteiger partial charge in [-0.05, 0) is 34.6 Å². The van der Waals surface area contributed by atoms with E-state index in [0.29, 0.717) is 12.8 Å². The number of hydrogen-bond donors (Lipinski definition) is 2. The van der Waals surface area contributed by atoms with E-state index in [-0.39, 0.29) is 25.2 Å². The molecule has 19 atom stereocenters. The number of esters is 2. The third-order valence-corrected chi connectivity index (χ3v) is 10.5. The zero-order valence-corrected chi connectivity index (χ0v) is 31.5. The van der Waals surface area contributed by atoms with Crippen molar-refractivity contribution in [1.29, 1.82) is 0 Å². The molecule has 17 heteroatoms. The van der Waals surface area contributed by atoms with E-state index >= 15 is 0 Å². The Labute approximate surface area is 305 Å². The lowest BCUT2D eigenvalue weighted by molar-refractivity contribution is -0.347. The van der Waals surface area contributed by atoms with Crippen LogP contribution in [-0.4, -0.2) is 160 Å². The van der Waals surface area contributed by atoms with E-state index in [0.717, 1.165) is 0 Å². The Morgan fingerprint density at radius 3 is 1.35 bits per heavy atom. The molecule has 0 aromatic carbocycles. The van der Waals surface area contributed by atoms with Crippen LogP contribution in [0.3, 0.4) is 0 Å². The summed E-state index contributed by atoms with van der Waals surface area (Å²) in [4.78, 5) is 23.4. The predicted octanol–water partition coefficient (Wildman–Crippen LogP) is 1.10. The first-order chi connectivity index (χ1) is 24.7. The van der Waals surface area contributed by atoms with Gasteiger partial charge in [0.2, 0.25) is 0 Å². The van der Waals surface area contributed by atoms with Crippen LogP contribution in [0, 0.1) is 0 Å². The molecule has 17 nitrogen and oxygen atoms in total. The summed E-state index contributed by atoms with van der Waals surface area (Å²) in [6.07, 6.45) is -11.1. The maximum Gasteiger partial charge on any atom is 0.308 e. The van der Waals surface area contributed by atoms with E-state index in [1.165, 1.54) is 14.0 Å². The van der Waals surface area contributed by atoms with Gasteiger partial charge in [-0.1, -0.05) is 0 Å². The molecule has 5 aliphatic heterocycles. The minimum Gasteiger partial charge on any atom is -0.460 e. The first-order valence-corrected chi connectivity index (χ1v) is 18.3. The Balaban J connectivity index is 1.10. The molecule has 2 N–H and O–H groups in total.